The molecule has 4 rings (SSSR count). The Bertz CT molecular complexity index is 688. The second-order valence-electron chi connectivity index (χ2n) is 7.44. The van der Waals surface area contributed by atoms with Crippen LogP contribution in [0.3, 0.4) is 0 Å². The van der Waals surface area contributed by atoms with Gasteiger partial charge in [0, 0.05) is 16.3 Å². The van der Waals surface area contributed by atoms with Gasteiger partial charge in [-0.15, -0.1) is 0 Å². The van der Waals surface area contributed by atoms with Gasteiger partial charge in [0.05, 0.1) is 0 Å². The molecule has 2 aliphatic rings. The Kier molecular flexibility index (Phi) is 3.88. The predicted molar refractivity (Wildman–Crippen MR) is 99.9 cm³/mol. The molecule has 2 saturated carbocycles. The molecule has 0 aliphatic heterocycles. The number of hydrogen-bond donors (Lipinski definition) is 0. The molecule has 2 unspecified atom stereocenters. The van der Waals surface area contributed by atoms with Gasteiger partial charge in [-0.05, 0) is 47.3 Å². The summed E-state index contributed by atoms with van der Waals surface area (Å²) in [5.41, 5.74) is 2.98. The predicted octanol–water partition coefficient (Wildman–Crippen LogP) is 6.45. The largest absolute Gasteiger partial charge is 0.0622 e. The van der Waals surface area contributed by atoms with E-state index in [0.717, 1.165) is 5.92 Å². The Labute approximate surface area is 148 Å². The lowest BCUT2D eigenvalue weighted by Crippen LogP contribution is -2.27. The molecule has 0 amide bonds. The maximum Gasteiger partial charge on any atom is 0.0213 e. The Morgan fingerprint density at radius 3 is 2.13 bits per heavy atom. The zero-order chi connectivity index (χ0) is 16.0. The van der Waals surface area contributed by atoms with Crippen molar-refractivity contribution in [3.05, 3.63) is 82.0 Å². The average molecular weight is 367 g/mol. The zero-order valence-electron chi connectivity index (χ0n) is 13.9. The van der Waals surface area contributed by atoms with Gasteiger partial charge >= 0.3 is 0 Å². The third-order valence-electron chi connectivity index (χ3n) is 5.85. The highest BCUT2D eigenvalue weighted by atomic mass is 79.9. The minimum Gasteiger partial charge on any atom is -0.0622 e. The summed E-state index contributed by atoms with van der Waals surface area (Å²) in [5, 5.41) is 0. The minimum atomic E-state index is 0.126. The van der Waals surface area contributed by atoms with E-state index in [-0.39, 0.29) is 5.41 Å². The number of fused-ring (bicyclic) bond motifs is 1. The van der Waals surface area contributed by atoms with Crippen molar-refractivity contribution >= 4 is 15.9 Å². The van der Waals surface area contributed by atoms with Crippen LogP contribution in [0.15, 0.2) is 59.1 Å². The van der Waals surface area contributed by atoms with E-state index < -0.39 is 0 Å². The summed E-state index contributed by atoms with van der Waals surface area (Å²) in [7, 11) is 0. The fourth-order valence-corrected chi connectivity index (χ4v) is 5.63. The van der Waals surface area contributed by atoms with Crippen molar-refractivity contribution in [2.24, 2.45) is 17.3 Å². The monoisotopic (exact) mass is 366 g/mol. The van der Waals surface area contributed by atoms with Crippen LogP contribution in [0, 0.1) is 29.1 Å². The highest BCUT2D eigenvalue weighted by Gasteiger charge is 2.58. The summed E-state index contributed by atoms with van der Waals surface area (Å²) in [5.74, 6) is 4.73. The molecule has 0 N–H and O–H groups in total. The van der Waals surface area contributed by atoms with Crippen LogP contribution >= 0.6 is 15.9 Å². The van der Waals surface area contributed by atoms with Gasteiger partial charge in [0.2, 0.25) is 0 Å². The lowest BCUT2D eigenvalue weighted by Gasteiger charge is -2.35. The summed E-state index contributed by atoms with van der Waals surface area (Å²) in [6, 6.07) is 19.9. The highest BCUT2D eigenvalue weighted by Crippen LogP contribution is 2.66. The standard InChI is InChI=1S/C22H23Br/c1-22(2)20(15-9-4-3-5-10-15)16-12-8-13-17(16)21(22)18-11-6-7-14-19(18)23/h3-7,9-11,14,16-17H,8,12-13H2,1-2H3. The molecule has 2 aromatic carbocycles. The van der Waals surface area contributed by atoms with Crippen LogP contribution < -0.4 is 0 Å². The van der Waals surface area contributed by atoms with Crippen molar-refractivity contribution in [3.63, 3.8) is 0 Å². The quantitative estimate of drug-likeness (QED) is 0.572. The van der Waals surface area contributed by atoms with Crippen LogP contribution in [0.4, 0.5) is 0 Å². The minimum absolute atomic E-state index is 0.126. The van der Waals surface area contributed by atoms with Crippen LogP contribution in [0.5, 0.6) is 0 Å². The van der Waals surface area contributed by atoms with Crippen LogP contribution in [0.25, 0.3) is 0 Å². The molecule has 23 heavy (non-hydrogen) atoms. The van der Waals surface area contributed by atoms with Gasteiger partial charge in [-0.3, -0.25) is 0 Å². The second kappa shape index (κ2) is 5.77. The fourth-order valence-electron chi connectivity index (χ4n) is 5.13. The molecule has 2 fully saturated rings. The van der Waals surface area contributed by atoms with Gasteiger partial charge in [0.15, 0.2) is 0 Å². The van der Waals surface area contributed by atoms with Crippen molar-refractivity contribution < 1.29 is 0 Å². The van der Waals surface area contributed by atoms with Gasteiger partial charge in [-0.2, -0.15) is 0 Å². The van der Waals surface area contributed by atoms with Crippen LogP contribution in [-0.4, -0.2) is 0 Å². The summed E-state index contributed by atoms with van der Waals surface area (Å²) in [6.45, 7) is 4.87. The number of rotatable bonds is 2. The van der Waals surface area contributed by atoms with E-state index in [1.165, 1.54) is 34.9 Å². The van der Waals surface area contributed by atoms with Crippen molar-refractivity contribution in [1.29, 1.82) is 0 Å². The SMILES string of the molecule is CC1(C)[C](c2ccccc2)C2CCCC2[C]1c1ccccc1Br. The van der Waals surface area contributed by atoms with E-state index in [1.54, 1.807) is 11.8 Å². The Morgan fingerprint density at radius 2 is 1.43 bits per heavy atom. The number of halogens is 1. The summed E-state index contributed by atoms with van der Waals surface area (Å²) in [6.07, 6.45) is 4.03. The second-order valence-corrected chi connectivity index (χ2v) is 8.30. The van der Waals surface area contributed by atoms with Crippen molar-refractivity contribution in [3.8, 4) is 0 Å². The third-order valence-corrected chi connectivity index (χ3v) is 6.54. The summed E-state index contributed by atoms with van der Waals surface area (Å²) in [4.78, 5) is 0. The van der Waals surface area contributed by atoms with E-state index >= 15 is 0 Å². The van der Waals surface area contributed by atoms with Gasteiger partial charge in [-0.1, -0.05) is 84.7 Å². The molecule has 0 aromatic heterocycles. The fraction of sp³-hybridized carbons (Fsp3) is 0.364. The van der Waals surface area contributed by atoms with Crippen LogP contribution in [-0.2, 0) is 0 Å². The van der Waals surface area contributed by atoms with Crippen LogP contribution in [0.1, 0.15) is 44.2 Å². The third kappa shape index (κ3) is 2.39. The zero-order valence-corrected chi connectivity index (χ0v) is 15.4. The van der Waals surface area contributed by atoms with Gasteiger partial charge in [-0.25, -0.2) is 0 Å². The molecule has 0 heterocycles. The molecule has 2 aliphatic carbocycles. The smallest absolute Gasteiger partial charge is 0.0213 e. The number of benzene rings is 2. The molecular formula is C22H23Br. The molecular weight excluding hydrogens is 344 g/mol. The Morgan fingerprint density at radius 1 is 0.826 bits per heavy atom. The van der Waals surface area contributed by atoms with E-state index in [1.807, 2.05) is 0 Å². The number of hydrogen-bond acceptors (Lipinski definition) is 0. The van der Waals surface area contributed by atoms with Gasteiger partial charge < -0.3 is 0 Å². The first-order chi connectivity index (χ1) is 11.1. The van der Waals surface area contributed by atoms with E-state index in [4.69, 9.17) is 0 Å². The van der Waals surface area contributed by atoms with Gasteiger partial charge in [0.1, 0.15) is 0 Å². The Hall–Kier alpha value is -1.08. The molecule has 1 heteroatoms. The van der Waals surface area contributed by atoms with E-state index in [0.29, 0.717) is 5.92 Å². The molecule has 0 spiro atoms. The van der Waals surface area contributed by atoms with Crippen LogP contribution in [0.2, 0.25) is 0 Å². The van der Waals surface area contributed by atoms with E-state index in [9.17, 15) is 0 Å². The molecule has 2 atom stereocenters. The molecule has 0 bridgehead atoms. The molecule has 2 aromatic rings. The molecule has 0 saturated heterocycles. The maximum atomic E-state index is 3.80. The topological polar surface area (TPSA) is 0 Å². The first kappa shape index (κ1) is 15.4. The molecule has 118 valence electrons. The van der Waals surface area contributed by atoms with Crippen molar-refractivity contribution in [2.45, 2.75) is 33.1 Å². The van der Waals surface area contributed by atoms with Gasteiger partial charge in [0.25, 0.3) is 0 Å². The van der Waals surface area contributed by atoms with Crippen molar-refractivity contribution in [2.75, 3.05) is 0 Å². The summed E-state index contributed by atoms with van der Waals surface area (Å²) < 4.78 is 1.24. The lowest BCUT2D eigenvalue weighted by atomic mass is 9.68. The normalized spacial score (nSPS) is 27.3. The highest BCUT2D eigenvalue weighted by molar-refractivity contribution is 9.10. The first-order valence-corrected chi connectivity index (χ1v) is 9.45. The molecule has 0 nitrogen and oxygen atoms in total. The lowest BCUT2D eigenvalue weighted by molar-refractivity contribution is 0.436. The maximum absolute atomic E-state index is 3.80. The Balaban J connectivity index is 1.83. The summed E-state index contributed by atoms with van der Waals surface area (Å²) >= 11 is 3.80. The average Bonchev–Trinajstić information content (AvgIpc) is 3.06. The molecule has 2 radical (unpaired) electrons. The first-order valence-electron chi connectivity index (χ1n) is 8.65. The van der Waals surface area contributed by atoms with E-state index in [2.05, 4.69) is 84.4 Å². The van der Waals surface area contributed by atoms with Crippen molar-refractivity contribution in [1.82, 2.24) is 0 Å².